The van der Waals surface area contributed by atoms with Gasteiger partial charge >= 0.3 is 0 Å². The first-order valence-corrected chi connectivity index (χ1v) is 17.9. The highest BCUT2D eigenvalue weighted by Gasteiger charge is 2.21. The summed E-state index contributed by atoms with van der Waals surface area (Å²) >= 11 is 12.7. The standard InChI is InChI=1S/C23H18ClFN6.C18H16ClFN2/c1-2-18(30-23-21-22(27-11-26-21)28-12-29-23)16-10-14-6-4-8-17(24)20(14)31-19(16)13-5-3-7-15(25)9-13;1-2-16(21)14-10-12-6-4-8-15(19)18(12)22-17(14)11-5-3-7-13(20)9-11/h3-12,18H,2H2,1H3,(H2,26,27,28,29,30);3-10,16H,2,21H2,1H3/t18-;/m0./s1. The minimum Gasteiger partial charge on any atom is -0.361 e. The number of H-pyrrole nitrogens is 1. The Bertz CT molecular complexity index is 2580. The van der Waals surface area contributed by atoms with Crippen molar-refractivity contribution >= 4 is 62.0 Å². The number of nitrogens with zero attached hydrogens (tertiary/aromatic N) is 5. The Kier molecular flexibility index (Phi) is 10.5. The number of nitrogens with one attached hydrogen (secondary N) is 2. The summed E-state index contributed by atoms with van der Waals surface area (Å²) in [4.78, 5) is 25.4. The van der Waals surface area contributed by atoms with Crippen LogP contribution in [0, 0.1) is 11.6 Å². The maximum absolute atomic E-state index is 14.0. The second-order valence-electron chi connectivity index (χ2n) is 12.4. The molecule has 0 spiro atoms. The van der Waals surface area contributed by atoms with E-state index in [1.165, 1.54) is 30.6 Å². The number of rotatable bonds is 8. The molecule has 8 rings (SSSR count). The van der Waals surface area contributed by atoms with Gasteiger partial charge in [-0.3, -0.25) is 0 Å². The Labute approximate surface area is 314 Å². The summed E-state index contributed by atoms with van der Waals surface area (Å²) in [5.41, 5.74) is 13.5. The van der Waals surface area contributed by atoms with E-state index in [1.54, 1.807) is 30.6 Å². The molecule has 0 fully saturated rings. The number of hydrogen-bond acceptors (Lipinski definition) is 7. The molecule has 0 saturated carbocycles. The van der Waals surface area contributed by atoms with Crippen LogP contribution < -0.4 is 11.1 Å². The highest BCUT2D eigenvalue weighted by Crippen LogP contribution is 2.36. The summed E-state index contributed by atoms with van der Waals surface area (Å²) in [7, 11) is 0. The third-order valence-electron chi connectivity index (χ3n) is 9.01. The number of fused-ring (bicyclic) bond motifs is 3. The van der Waals surface area contributed by atoms with Crippen LogP contribution in [0.5, 0.6) is 0 Å². The van der Waals surface area contributed by atoms with Crippen LogP contribution in [0.25, 0.3) is 55.5 Å². The Hall–Kier alpha value is -5.55. The average Bonchev–Trinajstić information content (AvgIpc) is 3.66. The van der Waals surface area contributed by atoms with Crippen molar-refractivity contribution in [3.05, 3.63) is 143 Å². The molecule has 0 amide bonds. The van der Waals surface area contributed by atoms with E-state index in [0.29, 0.717) is 55.1 Å². The molecule has 8 nitrogen and oxygen atoms in total. The number of benzene rings is 4. The van der Waals surface area contributed by atoms with Crippen LogP contribution >= 0.6 is 23.2 Å². The molecule has 12 heteroatoms. The number of nitrogens with two attached hydrogens (primary N) is 1. The third kappa shape index (κ3) is 7.52. The molecule has 4 N–H and O–H groups in total. The maximum Gasteiger partial charge on any atom is 0.182 e. The summed E-state index contributed by atoms with van der Waals surface area (Å²) in [5, 5.41) is 6.47. The highest BCUT2D eigenvalue weighted by atomic mass is 35.5. The van der Waals surface area contributed by atoms with Gasteiger partial charge in [-0.05, 0) is 66.9 Å². The van der Waals surface area contributed by atoms with Crippen molar-refractivity contribution in [1.29, 1.82) is 0 Å². The molecule has 266 valence electrons. The predicted molar refractivity (Wildman–Crippen MR) is 210 cm³/mol. The van der Waals surface area contributed by atoms with E-state index >= 15 is 0 Å². The van der Waals surface area contributed by atoms with Crippen molar-refractivity contribution in [2.45, 2.75) is 38.8 Å². The van der Waals surface area contributed by atoms with Crippen LogP contribution in [-0.4, -0.2) is 29.9 Å². The van der Waals surface area contributed by atoms with Crippen LogP contribution in [0.1, 0.15) is 49.9 Å². The molecule has 8 aromatic rings. The van der Waals surface area contributed by atoms with Crippen LogP contribution in [0.2, 0.25) is 10.0 Å². The van der Waals surface area contributed by atoms with E-state index in [-0.39, 0.29) is 23.7 Å². The Balaban J connectivity index is 0.000000174. The SMILES string of the molecule is CCC(N)c1cc2cccc(Cl)c2nc1-c1cccc(F)c1.CC[C@H](Nc1ncnc2nc[nH]c12)c1cc2cccc(Cl)c2nc1-c1cccc(F)c1. The van der Waals surface area contributed by atoms with E-state index in [1.807, 2.05) is 49.4 Å². The zero-order chi connectivity index (χ0) is 37.1. The minimum atomic E-state index is -0.319. The maximum atomic E-state index is 14.0. The summed E-state index contributed by atoms with van der Waals surface area (Å²) in [6.45, 7) is 4.09. The summed E-state index contributed by atoms with van der Waals surface area (Å²) < 4.78 is 27.6. The Morgan fingerprint density at radius 3 is 1.83 bits per heavy atom. The van der Waals surface area contributed by atoms with Crippen molar-refractivity contribution in [2.75, 3.05) is 5.32 Å². The van der Waals surface area contributed by atoms with Crippen molar-refractivity contribution < 1.29 is 8.78 Å². The summed E-state index contributed by atoms with van der Waals surface area (Å²) in [6.07, 6.45) is 4.58. The Morgan fingerprint density at radius 1 is 0.698 bits per heavy atom. The number of halogens is 4. The second kappa shape index (κ2) is 15.6. The molecule has 0 aliphatic heterocycles. The van der Waals surface area contributed by atoms with Gasteiger partial charge in [0.25, 0.3) is 0 Å². The molecule has 0 radical (unpaired) electrons. The van der Waals surface area contributed by atoms with Crippen molar-refractivity contribution in [3.63, 3.8) is 0 Å². The Morgan fingerprint density at radius 2 is 1.26 bits per heavy atom. The normalized spacial score (nSPS) is 12.4. The quantitative estimate of drug-likeness (QED) is 0.142. The molecule has 0 aliphatic carbocycles. The molecule has 0 aliphatic rings. The highest BCUT2D eigenvalue weighted by molar-refractivity contribution is 6.35. The number of aromatic nitrogens is 6. The van der Waals surface area contributed by atoms with E-state index in [2.05, 4.69) is 43.2 Å². The lowest BCUT2D eigenvalue weighted by Gasteiger charge is -2.22. The summed E-state index contributed by atoms with van der Waals surface area (Å²) in [6, 6.07) is 27.9. The molecule has 0 saturated heterocycles. The van der Waals surface area contributed by atoms with Gasteiger partial charge < -0.3 is 16.0 Å². The van der Waals surface area contributed by atoms with Gasteiger partial charge in [-0.25, -0.2) is 33.7 Å². The van der Waals surface area contributed by atoms with Crippen LogP contribution in [0.4, 0.5) is 14.6 Å². The number of aromatic amines is 1. The summed E-state index contributed by atoms with van der Waals surface area (Å²) in [5.74, 6) is 0.0285. The number of pyridine rings is 2. The van der Waals surface area contributed by atoms with Crippen molar-refractivity contribution in [3.8, 4) is 22.5 Å². The van der Waals surface area contributed by atoms with Gasteiger partial charge in [0.1, 0.15) is 23.5 Å². The first-order chi connectivity index (χ1) is 25.7. The zero-order valence-electron chi connectivity index (χ0n) is 28.8. The largest absolute Gasteiger partial charge is 0.361 e. The number of imidazole rings is 1. The first kappa shape index (κ1) is 35.8. The monoisotopic (exact) mass is 746 g/mol. The van der Waals surface area contributed by atoms with E-state index in [0.717, 1.165) is 40.3 Å². The molecular formula is C41H34Cl2F2N8. The minimum absolute atomic E-state index is 0.143. The fourth-order valence-corrected chi connectivity index (χ4v) is 6.75. The van der Waals surface area contributed by atoms with Gasteiger partial charge in [0, 0.05) is 33.5 Å². The molecule has 4 heterocycles. The van der Waals surface area contributed by atoms with Gasteiger partial charge in [-0.2, -0.15) is 0 Å². The van der Waals surface area contributed by atoms with Gasteiger partial charge in [0.05, 0.1) is 44.8 Å². The topological polar surface area (TPSA) is 118 Å². The van der Waals surface area contributed by atoms with Crippen LogP contribution in [0.3, 0.4) is 0 Å². The molecule has 1 unspecified atom stereocenters. The fourth-order valence-electron chi connectivity index (χ4n) is 6.30. The second-order valence-corrected chi connectivity index (χ2v) is 13.3. The molecular weight excluding hydrogens is 713 g/mol. The van der Waals surface area contributed by atoms with E-state index < -0.39 is 0 Å². The van der Waals surface area contributed by atoms with E-state index in [9.17, 15) is 8.78 Å². The lowest BCUT2D eigenvalue weighted by atomic mass is 9.96. The zero-order valence-corrected chi connectivity index (χ0v) is 30.3. The number of anilines is 1. The van der Waals surface area contributed by atoms with Gasteiger partial charge in [0.15, 0.2) is 11.5 Å². The van der Waals surface area contributed by atoms with Crippen LogP contribution in [-0.2, 0) is 0 Å². The van der Waals surface area contributed by atoms with Gasteiger partial charge in [-0.15, -0.1) is 0 Å². The first-order valence-electron chi connectivity index (χ1n) is 17.1. The van der Waals surface area contributed by atoms with Gasteiger partial charge in [-0.1, -0.05) is 85.6 Å². The van der Waals surface area contributed by atoms with Crippen molar-refractivity contribution in [1.82, 2.24) is 29.9 Å². The number of hydrogen-bond donors (Lipinski definition) is 3. The molecule has 0 bridgehead atoms. The predicted octanol–water partition coefficient (Wildman–Crippen LogP) is 11.0. The van der Waals surface area contributed by atoms with E-state index in [4.69, 9.17) is 33.9 Å². The molecule has 4 aromatic heterocycles. The van der Waals surface area contributed by atoms with Gasteiger partial charge in [0.2, 0.25) is 0 Å². The lowest BCUT2D eigenvalue weighted by molar-refractivity contribution is 0.627. The third-order valence-corrected chi connectivity index (χ3v) is 9.62. The number of para-hydroxylation sites is 2. The fraction of sp³-hybridized carbons (Fsp3) is 0.146. The smallest absolute Gasteiger partial charge is 0.182 e. The average molecular weight is 748 g/mol. The van der Waals surface area contributed by atoms with Crippen LogP contribution in [0.15, 0.2) is 110 Å². The molecule has 2 atom stereocenters. The van der Waals surface area contributed by atoms with Crippen molar-refractivity contribution in [2.24, 2.45) is 5.73 Å². The molecule has 53 heavy (non-hydrogen) atoms. The lowest BCUT2D eigenvalue weighted by Crippen LogP contribution is -2.13. The molecule has 4 aromatic carbocycles.